The highest BCUT2D eigenvalue weighted by Crippen LogP contribution is 2.34. The number of aromatic nitrogens is 3. The van der Waals surface area contributed by atoms with Gasteiger partial charge in [0.2, 0.25) is 0 Å². The van der Waals surface area contributed by atoms with Gasteiger partial charge in [0.15, 0.2) is 5.13 Å². The van der Waals surface area contributed by atoms with Crippen LogP contribution in [0.2, 0.25) is 0 Å². The largest absolute Gasteiger partial charge is 0.477 e. The Morgan fingerprint density at radius 3 is 2.60 bits per heavy atom. The highest BCUT2D eigenvalue weighted by Gasteiger charge is 2.26. The first-order valence-corrected chi connectivity index (χ1v) is 11.3. The van der Waals surface area contributed by atoms with Gasteiger partial charge in [-0.25, -0.2) is 19.7 Å². The minimum Gasteiger partial charge on any atom is -0.477 e. The zero-order chi connectivity index (χ0) is 21.1. The lowest BCUT2D eigenvalue weighted by Gasteiger charge is -2.34. The average molecular weight is 433 g/mol. The Morgan fingerprint density at radius 1 is 1.17 bits per heavy atom. The van der Waals surface area contributed by atoms with Crippen LogP contribution in [0.15, 0.2) is 12.4 Å². The minimum atomic E-state index is -0.982. The van der Waals surface area contributed by atoms with Crippen LogP contribution in [0.1, 0.15) is 29.4 Å². The number of carboxylic acids is 1. The van der Waals surface area contributed by atoms with Gasteiger partial charge in [0.1, 0.15) is 22.1 Å². The van der Waals surface area contributed by atoms with E-state index < -0.39 is 5.97 Å². The molecular weight excluding hydrogens is 404 g/mol. The van der Waals surface area contributed by atoms with Crippen molar-refractivity contribution in [2.45, 2.75) is 19.8 Å². The van der Waals surface area contributed by atoms with Crippen LogP contribution < -0.4 is 9.80 Å². The van der Waals surface area contributed by atoms with E-state index in [1.165, 1.54) is 17.8 Å². The van der Waals surface area contributed by atoms with E-state index in [1.54, 1.807) is 12.4 Å². The first kappa shape index (κ1) is 21.0. The van der Waals surface area contributed by atoms with Gasteiger partial charge < -0.3 is 20.0 Å². The van der Waals surface area contributed by atoms with Crippen LogP contribution in [0.4, 0.5) is 10.9 Å². The maximum Gasteiger partial charge on any atom is 0.348 e. The number of carbonyl (C=O) groups is 1. The molecule has 0 unspecified atom stereocenters. The van der Waals surface area contributed by atoms with Crippen molar-refractivity contribution in [2.75, 3.05) is 62.2 Å². The Morgan fingerprint density at radius 2 is 1.97 bits per heavy atom. The lowest BCUT2D eigenvalue weighted by Crippen LogP contribution is -2.47. The third kappa shape index (κ3) is 4.55. The summed E-state index contributed by atoms with van der Waals surface area (Å²) in [7, 11) is 0. The standard InChI is InChI=1S/C20H28N6O3S/c1-14-3-2-4-26(13-14)20-23-17(18(30-20)19(28)29)15-11-22-16(12-21-15)25-7-5-24(6-8-25)9-10-27/h11-12,14,27H,2-10,13H2,1H3,(H,28,29)/t14-/m1/s1. The van der Waals surface area contributed by atoms with Gasteiger partial charge in [-0.05, 0) is 18.8 Å². The second kappa shape index (κ2) is 9.23. The molecule has 2 aliphatic rings. The highest BCUT2D eigenvalue weighted by molar-refractivity contribution is 7.17. The summed E-state index contributed by atoms with van der Waals surface area (Å²) < 4.78 is 0. The van der Waals surface area contributed by atoms with Crippen molar-refractivity contribution in [3.63, 3.8) is 0 Å². The number of piperazine rings is 1. The molecule has 0 radical (unpaired) electrons. The fourth-order valence-electron chi connectivity index (χ4n) is 4.07. The van der Waals surface area contributed by atoms with E-state index >= 15 is 0 Å². The number of β-amino-alcohol motifs (C(OH)–C–C–N with tert-alkyl or cyclic N) is 1. The third-order valence-electron chi connectivity index (χ3n) is 5.73. The molecule has 10 heteroatoms. The van der Waals surface area contributed by atoms with Crippen LogP contribution in [0.25, 0.3) is 11.4 Å². The summed E-state index contributed by atoms with van der Waals surface area (Å²) >= 11 is 1.22. The van der Waals surface area contributed by atoms with Gasteiger partial charge in [0.25, 0.3) is 0 Å². The number of aliphatic hydroxyl groups is 1. The number of hydrogen-bond donors (Lipinski definition) is 2. The smallest absolute Gasteiger partial charge is 0.348 e. The summed E-state index contributed by atoms with van der Waals surface area (Å²) in [5.74, 6) is 0.376. The number of aliphatic hydroxyl groups excluding tert-OH is 1. The fraction of sp³-hybridized carbons (Fsp3) is 0.600. The molecule has 162 valence electrons. The molecule has 2 saturated heterocycles. The average Bonchev–Trinajstić information content (AvgIpc) is 3.21. The number of anilines is 2. The predicted molar refractivity (Wildman–Crippen MR) is 116 cm³/mol. The van der Waals surface area contributed by atoms with Crippen molar-refractivity contribution < 1.29 is 15.0 Å². The van der Waals surface area contributed by atoms with Crippen molar-refractivity contribution >= 4 is 28.3 Å². The van der Waals surface area contributed by atoms with Gasteiger partial charge >= 0.3 is 5.97 Å². The van der Waals surface area contributed by atoms with Gasteiger partial charge in [-0.2, -0.15) is 0 Å². The molecule has 0 spiro atoms. The van der Waals surface area contributed by atoms with Crippen molar-refractivity contribution in [1.82, 2.24) is 19.9 Å². The van der Waals surface area contributed by atoms with E-state index in [1.807, 2.05) is 0 Å². The molecule has 4 rings (SSSR count). The van der Waals surface area contributed by atoms with Crippen LogP contribution in [-0.2, 0) is 0 Å². The molecule has 0 bridgehead atoms. The maximum absolute atomic E-state index is 11.8. The maximum atomic E-state index is 11.8. The predicted octanol–water partition coefficient (Wildman–Crippen LogP) is 1.65. The van der Waals surface area contributed by atoms with E-state index in [0.717, 1.165) is 56.6 Å². The van der Waals surface area contributed by atoms with E-state index in [2.05, 4.69) is 36.6 Å². The molecule has 0 aromatic carbocycles. The zero-order valence-electron chi connectivity index (χ0n) is 17.2. The summed E-state index contributed by atoms with van der Waals surface area (Å²) in [6.45, 7) is 8.28. The van der Waals surface area contributed by atoms with Crippen molar-refractivity contribution in [3.05, 3.63) is 17.3 Å². The number of carboxylic acid groups (broad SMARTS) is 1. The van der Waals surface area contributed by atoms with Crippen molar-refractivity contribution in [3.8, 4) is 11.4 Å². The summed E-state index contributed by atoms with van der Waals surface area (Å²) in [5, 5.41) is 19.5. The molecule has 2 N–H and O–H groups in total. The number of hydrogen-bond acceptors (Lipinski definition) is 9. The van der Waals surface area contributed by atoms with Crippen LogP contribution in [0.3, 0.4) is 0 Å². The first-order chi connectivity index (χ1) is 14.5. The molecule has 0 amide bonds. The number of thiazole rings is 1. The van der Waals surface area contributed by atoms with Crippen LogP contribution in [0.5, 0.6) is 0 Å². The SMILES string of the molecule is C[C@@H]1CCCN(c2nc(-c3cnc(N4CCN(CCO)CC4)cn3)c(C(=O)O)s2)C1. The van der Waals surface area contributed by atoms with E-state index in [-0.39, 0.29) is 11.5 Å². The monoisotopic (exact) mass is 432 g/mol. The second-order valence-corrected chi connectivity index (χ2v) is 8.96. The Balaban J connectivity index is 1.51. The Bertz CT molecular complexity index is 866. The Labute approximate surface area is 180 Å². The summed E-state index contributed by atoms with van der Waals surface area (Å²) in [6.07, 6.45) is 5.62. The van der Waals surface area contributed by atoms with Gasteiger partial charge in [0.05, 0.1) is 19.0 Å². The molecule has 1 atom stereocenters. The Kier molecular flexibility index (Phi) is 6.45. The molecule has 4 heterocycles. The number of rotatable bonds is 6. The molecule has 2 fully saturated rings. The first-order valence-electron chi connectivity index (χ1n) is 10.4. The summed E-state index contributed by atoms with van der Waals surface area (Å²) in [4.78, 5) is 32.3. The van der Waals surface area contributed by atoms with Crippen LogP contribution >= 0.6 is 11.3 Å². The molecule has 0 aliphatic carbocycles. The number of piperidine rings is 1. The van der Waals surface area contributed by atoms with Gasteiger partial charge in [-0.3, -0.25) is 4.90 Å². The molecule has 2 aromatic heterocycles. The van der Waals surface area contributed by atoms with Crippen LogP contribution in [-0.4, -0.2) is 88.5 Å². The summed E-state index contributed by atoms with van der Waals surface area (Å²) in [6, 6.07) is 0. The van der Waals surface area contributed by atoms with Crippen LogP contribution in [0, 0.1) is 5.92 Å². The fourth-order valence-corrected chi connectivity index (χ4v) is 5.02. The molecule has 9 nitrogen and oxygen atoms in total. The molecule has 30 heavy (non-hydrogen) atoms. The van der Waals surface area contributed by atoms with E-state index in [9.17, 15) is 9.90 Å². The minimum absolute atomic E-state index is 0.173. The Hall–Kier alpha value is -2.30. The lowest BCUT2D eigenvalue weighted by atomic mass is 10.0. The highest BCUT2D eigenvalue weighted by atomic mass is 32.1. The topological polar surface area (TPSA) is 106 Å². The van der Waals surface area contributed by atoms with E-state index in [0.29, 0.717) is 23.9 Å². The van der Waals surface area contributed by atoms with Crippen molar-refractivity contribution in [2.24, 2.45) is 5.92 Å². The third-order valence-corrected chi connectivity index (χ3v) is 6.84. The normalized spacial score (nSPS) is 20.5. The van der Waals surface area contributed by atoms with Crippen molar-refractivity contribution in [1.29, 1.82) is 0 Å². The van der Waals surface area contributed by atoms with E-state index in [4.69, 9.17) is 5.11 Å². The van der Waals surface area contributed by atoms with Gasteiger partial charge in [-0.15, -0.1) is 0 Å². The molecule has 0 saturated carbocycles. The van der Waals surface area contributed by atoms with Gasteiger partial charge in [0, 0.05) is 45.8 Å². The van der Waals surface area contributed by atoms with Gasteiger partial charge in [-0.1, -0.05) is 18.3 Å². The molecule has 2 aliphatic heterocycles. The molecular formula is C20H28N6O3S. The lowest BCUT2D eigenvalue weighted by molar-refractivity contribution is 0.0702. The quantitative estimate of drug-likeness (QED) is 0.705. The summed E-state index contributed by atoms with van der Waals surface area (Å²) in [5.41, 5.74) is 0.884. The second-order valence-electron chi connectivity index (χ2n) is 7.98. The number of aromatic carboxylic acids is 1. The zero-order valence-corrected chi connectivity index (χ0v) is 18.0. The number of nitrogens with zero attached hydrogens (tertiary/aromatic N) is 6. The molecule has 2 aromatic rings.